The molecule has 17 heavy (non-hydrogen) atoms. The topological polar surface area (TPSA) is 35.2 Å². The third-order valence-corrected chi connectivity index (χ3v) is 8.69. The van der Waals surface area contributed by atoms with Gasteiger partial charge < -0.3 is 10.2 Å². The van der Waals surface area contributed by atoms with Crippen molar-refractivity contribution in [2.75, 3.05) is 6.54 Å². The third-order valence-electron chi connectivity index (χ3n) is 4.35. The second kappa shape index (κ2) is 5.15. The molecule has 0 heterocycles. The molecule has 1 aliphatic rings. The summed E-state index contributed by atoms with van der Waals surface area (Å²) in [4.78, 5) is 0. The van der Waals surface area contributed by atoms with Gasteiger partial charge in [0.2, 0.25) is 8.32 Å². The number of hydrogen-bond donors (Lipinski definition) is 1. The first kappa shape index (κ1) is 14.8. The van der Waals surface area contributed by atoms with Gasteiger partial charge in [0.25, 0.3) is 0 Å². The van der Waals surface area contributed by atoms with E-state index in [4.69, 9.17) is 10.2 Å². The quantitative estimate of drug-likeness (QED) is 0.772. The highest BCUT2D eigenvalue weighted by atomic mass is 28.4. The predicted octanol–water partition coefficient (Wildman–Crippen LogP) is 4.04. The van der Waals surface area contributed by atoms with E-state index in [0.717, 1.165) is 6.54 Å². The van der Waals surface area contributed by atoms with Crippen LogP contribution in [0, 0.1) is 5.92 Å². The average Bonchev–Trinajstić information content (AvgIpc) is 2.19. The van der Waals surface area contributed by atoms with Gasteiger partial charge in [0.15, 0.2) is 0 Å². The van der Waals surface area contributed by atoms with Crippen molar-refractivity contribution in [3.8, 4) is 0 Å². The molecule has 0 aromatic carbocycles. The van der Waals surface area contributed by atoms with E-state index >= 15 is 0 Å². The third kappa shape index (κ3) is 3.35. The van der Waals surface area contributed by atoms with E-state index in [0.29, 0.717) is 5.92 Å². The fourth-order valence-electron chi connectivity index (χ4n) is 2.04. The van der Waals surface area contributed by atoms with Crippen molar-refractivity contribution < 1.29 is 4.43 Å². The van der Waals surface area contributed by atoms with Gasteiger partial charge in [0.1, 0.15) is 0 Å². The van der Waals surface area contributed by atoms with Crippen molar-refractivity contribution >= 4 is 8.32 Å². The van der Waals surface area contributed by atoms with Crippen LogP contribution in [-0.2, 0) is 4.43 Å². The van der Waals surface area contributed by atoms with Gasteiger partial charge >= 0.3 is 0 Å². The lowest BCUT2D eigenvalue weighted by Crippen LogP contribution is -2.42. The predicted molar refractivity (Wildman–Crippen MR) is 77.4 cm³/mol. The summed E-state index contributed by atoms with van der Waals surface area (Å²) in [6.07, 6.45) is 3.64. The molecule has 0 radical (unpaired) electrons. The minimum atomic E-state index is -1.71. The van der Waals surface area contributed by atoms with E-state index in [2.05, 4.69) is 40.8 Å². The molecule has 0 aromatic rings. The second-order valence-electron chi connectivity index (χ2n) is 6.83. The largest absolute Gasteiger partial charge is 0.546 e. The Labute approximate surface area is 108 Å². The highest BCUT2D eigenvalue weighted by Crippen LogP contribution is 2.41. The highest BCUT2D eigenvalue weighted by Gasteiger charge is 2.40. The molecule has 2 nitrogen and oxygen atoms in total. The van der Waals surface area contributed by atoms with Gasteiger partial charge in [0.05, 0.1) is 5.76 Å². The number of allylic oxidation sites excluding steroid dienone is 1. The number of hydrogen-bond acceptors (Lipinski definition) is 2. The molecule has 0 aromatic heterocycles. The number of rotatable bonds is 3. The van der Waals surface area contributed by atoms with Crippen LogP contribution in [0.2, 0.25) is 18.1 Å². The fraction of sp³-hybridized carbons (Fsp3) is 0.857. The molecule has 0 fully saturated rings. The maximum absolute atomic E-state index is 6.50. The molecule has 1 rings (SSSR count). The summed E-state index contributed by atoms with van der Waals surface area (Å²) >= 11 is 0. The van der Waals surface area contributed by atoms with Gasteiger partial charge in [-0.1, -0.05) is 20.8 Å². The molecule has 1 unspecified atom stereocenters. The Morgan fingerprint density at radius 3 is 2.41 bits per heavy atom. The van der Waals surface area contributed by atoms with Crippen molar-refractivity contribution in [3.05, 3.63) is 11.3 Å². The average molecular weight is 255 g/mol. The van der Waals surface area contributed by atoms with Crippen LogP contribution in [0.1, 0.15) is 47.0 Å². The van der Waals surface area contributed by atoms with Crippen LogP contribution in [0.5, 0.6) is 0 Å². The zero-order valence-corrected chi connectivity index (χ0v) is 13.4. The minimum absolute atomic E-state index is 0.261. The first-order chi connectivity index (χ1) is 7.69. The van der Waals surface area contributed by atoms with Crippen molar-refractivity contribution in [2.24, 2.45) is 11.7 Å². The Bertz CT molecular complexity index is 302. The van der Waals surface area contributed by atoms with E-state index in [1.165, 1.54) is 30.6 Å². The van der Waals surface area contributed by atoms with Crippen molar-refractivity contribution in [3.63, 3.8) is 0 Å². The first-order valence-corrected chi connectivity index (χ1v) is 9.68. The van der Waals surface area contributed by atoms with E-state index in [-0.39, 0.29) is 5.04 Å². The summed E-state index contributed by atoms with van der Waals surface area (Å²) in [7, 11) is -1.71. The van der Waals surface area contributed by atoms with Gasteiger partial charge in [0, 0.05) is 12.5 Å². The van der Waals surface area contributed by atoms with Crippen LogP contribution in [0.25, 0.3) is 0 Å². The summed E-state index contributed by atoms with van der Waals surface area (Å²) in [5, 5.41) is 0.261. The second-order valence-corrected chi connectivity index (χ2v) is 11.6. The Morgan fingerprint density at radius 2 is 1.94 bits per heavy atom. The van der Waals surface area contributed by atoms with E-state index < -0.39 is 8.32 Å². The van der Waals surface area contributed by atoms with Gasteiger partial charge in [-0.2, -0.15) is 0 Å². The van der Waals surface area contributed by atoms with Crippen molar-refractivity contribution in [1.29, 1.82) is 0 Å². The Hall–Kier alpha value is -0.283. The molecule has 1 atom stereocenters. The normalized spacial score (nSPS) is 22.9. The molecule has 2 N–H and O–H groups in total. The summed E-state index contributed by atoms with van der Waals surface area (Å²) in [6.45, 7) is 14.4. The molecule has 3 heteroatoms. The molecule has 0 aliphatic heterocycles. The fourth-order valence-corrected chi connectivity index (χ4v) is 3.24. The van der Waals surface area contributed by atoms with Crippen LogP contribution in [0.15, 0.2) is 11.3 Å². The summed E-state index contributed by atoms with van der Waals surface area (Å²) in [5.41, 5.74) is 7.31. The lowest BCUT2D eigenvalue weighted by Gasteiger charge is -2.40. The monoisotopic (exact) mass is 255 g/mol. The first-order valence-electron chi connectivity index (χ1n) is 6.78. The van der Waals surface area contributed by atoms with Crippen LogP contribution < -0.4 is 5.73 Å². The van der Waals surface area contributed by atoms with Gasteiger partial charge in [-0.05, 0) is 49.9 Å². The smallest absolute Gasteiger partial charge is 0.250 e. The summed E-state index contributed by atoms with van der Waals surface area (Å²) in [6, 6.07) is 0. The van der Waals surface area contributed by atoms with Crippen LogP contribution in [0.4, 0.5) is 0 Å². The van der Waals surface area contributed by atoms with Gasteiger partial charge in [-0.15, -0.1) is 0 Å². The van der Waals surface area contributed by atoms with E-state index in [9.17, 15) is 0 Å². The van der Waals surface area contributed by atoms with Gasteiger partial charge in [-0.25, -0.2) is 0 Å². The van der Waals surface area contributed by atoms with Crippen molar-refractivity contribution in [1.82, 2.24) is 0 Å². The molecule has 0 amide bonds. The maximum atomic E-state index is 6.50. The lowest BCUT2D eigenvalue weighted by molar-refractivity contribution is 0.290. The van der Waals surface area contributed by atoms with Gasteiger partial charge in [-0.3, -0.25) is 0 Å². The molecule has 0 bridgehead atoms. The maximum Gasteiger partial charge on any atom is 0.250 e. The molecule has 100 valence electrons. The Balaban J connectivity index is 2.92. The molecule has 0 saturated carbocycles. The van der Waals surface area contributed by atoms with Crippen molar-refractivity contribution in [2.45, 2.75) is 65.1 Å². The van der Waals surface area contributed by atoms with Crippen LogP contribution in [-0.4, -0.2) is 14.9 Å². The highest BCUT2D eigenvalue weighted by molar-refractivity contribution is 6.74. The Morgan fingerprint density at radius 1 is 1.35 bits per heavy atom. The zero-order valence-electron chi connectivity index (χ0n) is 12.4. The number of nitrogens with two attached hydrogens (primary N) is 1. The molecular formula is C14H29NOSi. The molecule has 0 spiro atoms. The SMILES string of the molecule is CC1=C(O[Si](C)(C)C(C)(C)C)C(CN)CCC1. The standard InChI is InChI=1S/C14H29NOSi/c1-11-8-7-9-12(10-15)13(11)16-17(5,6)14(2,3)4/h12H,7-10,15H2,1-6H3. The molecule has 0 saturated heterocycles. The summed E-state index contributed by atoms with van der Waals surface area (Å²) in [5.74, 6) is 1.68. The molecule has 1 aliphatic carbocycles. The van der Waals surface area contributed by atoms with Crippen LogP contribution in [0.3, 0.4) is 0 Å². The molecular weight excluding hydrogens is 226 g/mol. The Kier molecular flexibility index (Phi) is 4.47. The lowest BCUT2D eigenvalue weighted by atomic mass is 9.89. The minimum Gasteiger partial charge on any atom is -0.546 e. The summed E-state index contributed by atoms with van der Waals surface area (Å²) < 4.78 is 6.50. The van der Waals surface area contributed by atoms with Crippen LogP contribution >= 0.6 is 0 Å². The van der Waals surface area contributed by atoms with E-state index in [1.54, 1.807) is 0 Å². The zero-order chi connectivity index (χ0) is 13.3. The van der Waals surface area contributed by atoms with E-state index in [1.807, 2.05) is 0 Å².